The molecule has 10 unspecified atom stereocenters. The van der Waals surface area contributed by atoms with Crippen molar-refractivity contribution in [2.45, 2.75) is 100 Å². The molecule has 0 saturated carbocycles. The Kier molecular flexibility index (Phi) is 22.7. The molecule has 0 radical (unpaired) electrons. The summed E-state index contributed by atoms with van der Waals surface area (Å²) in [6, 6.07) is -0.952. The number of ether oxygens (including phenoxy) is 1. The van der Waals surface area contributed by atoms with Gasteiger partial charge in [-0.25, -0.2) is 0 Å². The van der Waals surface area contributed by atoms with Gasteiger partial charge in [-0.3, -0.25) is 4.79 Å². The Hall–Kier alpha value is -1.13. The highest BCUT2D eigenvalue weighted by molar-refractivity contribution is 5.81. The number of carbonyl (C=O) groups is 1. The topological polar surface area (TPSA) is 296 Å². The average molecular weight is 620 g/mol. The molecular weight excluding hydrogens is 566 g/mol. The molecule has 0 aliphatic carbocycles. The Morgan fingerprint density at radius 2 is 1.31 bits per heavy atom. The van der Waals surface area contributed by atoms with Crippen molar-refractivity contribution < 1.29 is 70.9 Å². The number of nitrogens with zero attached hydrogens (tertiary/aromatic N) is 1. The van der Waals surface area contributed by atoms with Gasteiger partial charge in [0.25, 0.3) is 5.91 Å². The van der Waals surface area contributed by atoms with E-state index in [1.165, 1.54) is 0 Å². The summed E-state index contributed by atoms with van der Waals surface area (Å²) in [4.78, 5) is 11.9. The number of hydrogen-bond acceptors (Lipinski definition) is 16. The molecule has 252 valence electrons. The van der Waals surface area contributed by atoms with Crippen molar-refractivity contribution in [3.63, 3.8) is 0 Å². The van der Waals surface area contributed by atoms with Crippen molar-refractivity contribution in [1.29, 1.82) is 0 Å². The van der Waals surface area contributed by atoms with Gasteiger partial charge in [-0.2, -0.15) is 5.06 Å². The quantitative estimate of drug-likeness (QED) is 0.0316. The minimum Gasteiger partial charge on any atom is -0.394 e. The van der Waals surface area contributed by atoms with Gasteiger partial charge in [0, 0.05) is 32.3 Å². The lowest BCUT2D eigenvalue weighted by Crippen LogP contribution is -2.55. The van der Waals surface area contributed by atoms with Gasteiger partial charge in [-0.1, -0.05) is 13.3 Å². The summed E-state index contributed by atoms with van der Waals surface area (Å²) in [5.41, 5.74) is 0. The molecule has 42 heavy (non-hydrogen) atoms. The van der Waals surface area contributed by atoms with Crippen LogP contribution in [-0.2, 0) is 9.53 Å². The number of nitrogens with one attached hydrogen (secondary N) is 2. The second kappa shape index (κ2) is 23.3. The lowest BCUT2D eigenvalue weighted by atomic mass is 9.94. The lowest BCUT2D eigenvalue weighted by molar-refractivity contribution is -0.149. The number of rotatable bonds is 26. The number of amides is 1. The van der Waals surface area contributed by atoms with E-state index in [2.05, 4.69) is 10.6 Å². The molecule has 0 fully saturated rings. The second-order valence-corrected chi connectivity index (χ2v) is 10.2. The normalized spacial score (nSPS) is 19.4. The maximum absolute atomic E-state index is 11.9. The predicted molar refractivity (Wildman–Crippen MR) is 146 cm³/mol. The molecule has 0 aliphatic rings. The van der Waals surface area contributed by atoms with E-state index in [9.17, 15) is 56.0 Å². The summed E-state index contributed by atoms with van der Waals surface area (Å²) in [6.07, 6.45) is -13.6. The van der Waals surface area contributed by atoms with Crippen molar-refractivity contribution >= 4 is 5.91 Å². The Balaban J connectivity index is 4.66. The molecule has 0 aromatic rings. The number of carbonyl (C=O) groups excluding carboxylic acids is 1. The zero-order valence-corrected chi connectivity index (χ0v) is 24.1. The number of hydrogen-bond donors (Lipinski definition) is 14. The van der Waals surface area contributed by atoms with E-state index in [1.807, 2.05) is 6.92 Å². The zero-order chi connectivity index (χ0) is 32.2. The van der Waals surface area contributed by atoms with Gasteiger partial charge >= 0.3 is 0 Å². The first-order valence-electron chi connectivity index (χ1n) is 14.2. The van der Waals surface area contributed by atoms with E-state index in [0.717, 1.165) is 17.9 Å². The summed E-state index contributed by atoms with van der Waals surface area (Å²) >= 11 is 0. The highest BCUT2D eigenvalue weighted by atomic mass is 16.5. The van der Waals surface area contributed by atoms with Crippen LogP contribution in [0.3, 0.4) is 0 Å². The molecule has 0 saturated heterocycles. The van der Waals surface area contributed by atoms with Gasteiger partial charge in [-0.05, 0) is 32.2 Å². The van der Waals surface area contributed by atoms with Gasteiger partial charge in [0.1, 0.15) is 36.6 Å². The van der Waals surface area contributed by atoms with Crippen LogP contribution in [0.15, 0.2) is 0 Å². The molecule has 0 aliphatic heterocycles. The maximum Gasteiger partial charge on any atom is 0.251 e. The fourth-order valence-corrected chi connectivity index (χ4v) is 3.86. The summed E-state index contributed by atoms with van der Waals surface area (Å²) in [6.45, 7) is 1.08. The van der Waals surface area contributed by atoms with Gasteiger partial charge in [0.15, 0.2) is 6.10 Å². The molecule has 0 bridgehead atoms. The monoisotopic (exact) mass is 619 g/mol. The fraction of sp³-hybridized carbons (Fsp3) is 0.960. The van der Waals surface area contributed by atoms with Crippen molar-refractivity contribution in [3.8, 4) is 0 Å². The van der Waals surface area contributed by atoms with Crippen LogP contribution in [0.25, 0.3) is 0 Å². The first-order chi connectivity index (χ1) is 19.8. The maximum atomic E-state index is 11.9. The summed E-state index contributed by atoms with van der Waals surface area (Å²) < 4.78 is 5.38. The third-order valence-corrected chi connectivity index (χ3v) is 6.59. The molecule has 0 aromatic heterocycles. The van der Waals surface area contributed by atoms with Crippen molar-refractivity contribution in [3.05, 3.63) is 0 Å². The molecule has 17 heteroatoms. The summed E-state index contributed by atoms with van der Waals surface area (Å²) in [7, 11) is 0. The molecule has 14 N–H and O–H groups in total. The van der Waals surface area contributed by atoms with Crippen LogP contribution >= 0.6 is 0 Å². The highest BCUT2D eigenvalue weighted by Crippen LogP contribution is 2.13. The van der Waals surface area contributed by atoms with Crippen LogP contribution in [0.1, 0.15) is 39.0 Å². The Morgan fingerprint density at radius 3 is 1.86 bits per heavy atom. The number of hydroxylamine groups is 2. The van der Waals surface area contributed by atoms with E-state index in [4.69, 9.17) is 14.9 Å². The summed E-state index contributed by atoms with van der Waals surface area (Å²) in [5, 5.41) is 123. The van der Waals surface area contributed by atoms with Crippen molar-refractivity contribution in [1.82, 2.24) is 15.7 Å². The second-order valence-electron chi connectivity index (χ2n) is 10.2. The van der Waals surface area contributed by atoms with Crippen LogP contribution in [-0.4, -0.2) is 186 Å². The number of unbranched alkanes of at least 4 members (excludes halogenated alkanes) is 1. The van der Waals surface area contributed by atoms with Crippen LogP contribution in [0.2, 0.25) is 0 Å². The van der Waals surface area contributed by atoms with Gasteiger partial charge < -0.3 is 76.7 Å². The molecule has 10 atom stereocenters. The fourth-order valence-electron chi connectivity index (χ4n) is 3.86. The van der Waals surface area contributed by atoms with Gasteiger partial charge in [-0.15, -0.1) is 0 Å². The standard InChI is InChI=1S/C25H53N3O14/c1-2-3-10-42-14-15(31)11-16(19(34)22(37)20(35)17(32)12-29)26-6-4-8-28(41)9-5-7-27-25(40)24(39)23(38)21(36)18(33)13-30/h15-24,26,29-39,41H,2-14H2,1H3,(H,27,40). The van der Waals surface area contributed by atoms with Crippen LogP contribution in [0.5, 0.6) is 0 Å². The SMILES string of the molecule is CCCCOCC(O)CC(NCCCN(O)CCCNC(=O)C(O)C(O)C(O)C(O)CO)C(O)C(O)C(O)C(O)CO. The van der Waals surface area contributed by atoms with Crippen LogP contribution < -0.4 is 10.6 Å². The minimum absolute atomic E-state index is 0.0110. The van der Waals surface area contributed by atoms with Gasteiger partial charge in [0.05, 0.1) is 32.0 Å². The van der Waals surface area contributed by atoms with Crippen molar-refractivity contribution in [2.75, 3.05) is 52.6 Å². The Bertz CT molecular complexity index is 684. The molecule has 1 amide bonds. The number of aliphatic hydroxyl groups excluding tert-OH is 11. The zero-order valence-electron chi connectivity index (χ0n) is 24.1. The van der Waals surface area contributed by atoms with Crippen LogP contribution in [0.4, 0.5) is 0 Å². The van der Waals surface area contributed by atoms with Gasteiger partial charge in [0.2, 0.25) is 0 Å². The average Bonchev–Trinajstić information content (AvgIpc) is 2.99. The third-order valence-electron chi connectivity index (χ3n) is 6.59. The van der Waals surface area contributed by atoms with Crippen molar-refractivity contribution in [2.24, 2.45) is 0 Å². The molecule has 0 rings (SSSR count). The highest BCUT2D eigenvalue weighted by Gasteiger charge is 2.36. The summed E-state index contributed by atoms with van der Waals surface area (Å²) in [5.74, 6) is -1.03. The van der Waals surface area contributed by atoms with Crippen LogP contribution in [0, 0.1) is 0 Å². The minimum atomic E-state index is -2.06. The van der Waals surface area contributed by atoms with E-state index < -0.39 is 80.1 Å². The lowest BCUT2D eigenvalue weighted by Gasteiger charge is -2.32. The van der Waals surface area contributed by atoms with E-state index in [-0.39, 0.29) is 45.6 Å². The third kappa shape index (κ3) is 16.1. The molecule has 17 nitrogen and oxygen atoms in total. The Labute approximate surface area is 245 Å². The smallest absolute Gasteiger partial charge is 0.251 e. The largest absolute Gasteiger partial charge is 0.394 e. The van der Waals surface area contributed by atoms with E-state index in [1.54, 1.807) is 0 Å². The number of aliphatic hydroxyl groups is 11. The molecule has 0 spiro atoms. The Morgan fingerprint density at radius 1 is 0.762 bits per heavy atom. The molecule has 0 aromatic carbocycles. The first-order valence-corrected chi connectivity index (χ1v) is 14.2. The van der Waals surface area contributed by atoms with E-state index in [0.29, 0.717) is 13.0 Å². The first kappa shape index (κ1) is 40.9. The van der Waals surface area contributed by atoms with E-state index >= 15 is 0 Å². The predicted octanol–water partition coefficient (Wildman–Crippen LogP) is -6.03. The molecule has 0 heterocycles. The molecular formula is C25H53N3O14.